The molecule has 8 heteroatoms. The summed E-state index contributed by atoms with van der Waals surface area (Å²) < 4.78 is 0. The number of halogens is 1. The summed E-state index contributed by atoms with van der Waals surface area (Å²) in [6.45, 7) is 6.94. The minimum Gasteiger partial charge on any atom is -0.473 e. The average Bonchev–Trinajstić information content (AvgIpc) is 2.82. The summed E-state index contributed by atoms with van der Waals surface area (Å²) in [4.78, 5) is 33.5. The zero-order valence-electron chi connectivity index (χ0n) is 20.8. The highest BCUT2D eigenvalue weighted by molar-refractivity contribution is 6.30. The number of nitrogens with one attached hydrogen (secondary N) is 1. The van der Waals surface area contributed by atoms with E-state index >= 15 is 0 Å². The third-order valence-corrected chi connectivity index (χ3v) is 5.92. The van der Waals surface area contributed by atoms with Gasteiger partial charge >= 0.3 is 11.9 Å². The van der Waals surface area contributed by atoms with Crippen molar-refractivity contribution in [2.24, 2.45) is 0 Å². The quantitative estimate of drug-likeness (QED) is 0.366. The van der Waals surface area contributed by atoms with Crippen molar-refractivity contribution in [3.8, 4) is 0 Å². The highest BCUT2D eigenvalue weighted by Gasteiger charge is 2.18. The molecule has 0 aliphatic heterocycles. The fraction of sp³-hybridized carbons (Fsp3) is 0.250. The maximum absolute atomic E-state index is 13.0. The van der Waals surface area contributed by atoms with Gasteiger partial charge in [-0.15, -0.1) is 0 Å². The first-order chi connectivity index (χ1) is 17.0. The number of aryl methyl sites for hydroxylation is 3. The summed E-state index contributed by atoms with van der Waals surface area (Å²) in [7, 11) is 2.09. The third kappa shape index (κ3) is 8.43. The number of amides is 1. The zero-order chi connectivity index (χ0) is 26.8. The Morgan fingerprint density at radius 1 is 0.889 bits per heavy atom. The SMILES string of the molecule is Cc1ccc(C(=O)NC(CCN(C)c2ccccc2C)c2ccc(Cl)cc2)c(C)c1.O=C(O)C(=O)O. The number of hydrogen-bond acceptors (Lipinski definition) is 4. The van der Waals surface area contributed by atoms with E-state index in [1.165, 1.54) is 11.3 Å². The normalized spacial score (nSPS) is 11.0. The molecule has 7 nitrogen and oxygen atoms in total. The Morgan fingerprint density at radius 3 is 2.06 bits per heavy atom. The van der Waals surface area contributed by atoms with E-state index in [-0.39, 0.29) is 11.9 Å². The van der Waals surface area contributed by atoms with E-state index in [1.54, 1.807) is 0 Å². The van der Waals surface area contributed by atoms with Gasteiger partial charge in [0.2, 0.25) is 0 Å². The van der Waals surface area contributed by atoms with Gasteiger partial charge in [-0.2, -0.15) is 0 Å². The molecule has 36 heavy (non-hydrogen) atoms. The molecule has 3 aromatic rings. The molecule has 0 bridgehead atoms. The first-order valence-corrected chi connectivity index (χ1v) is 11.7. The Balaban J connectivity index is 0.000000678. The molecule has 0 heterocycles. The fourth-order valence-corrected chi connectivity index (χ4v) is 3.88. The van der Waals surface area contributed by atoms with Crippen molar-refractivity contribution >= 4 is 35.1 Å². The van der Waals surface area contributed by atoms with Crippen molar-refractivity contribution < 1.29 is 24.6 Å². The number of rotatable bonds is 7. The van der Waals surface area contributed by atoms with Gasteiger partial charge in [0.05, 0.1) is 6.04 Å². The number of anilines is 1. The summed E-state index contributed by atoms with van der Waals surface area (Å²) in [6.07, 6.45) is 0.781. The Kier molecular flexibility index (Phi) is 10.5. The number of para-hydroxylation sites is 1. The van der Waals surface area contributed by atoms with Gasteiger partial charge < -0.3 is 20.4 Å². The highest BCUT2D eigenvalue weighted by Crippen LogP contribution is 2.24. The lowest BCUT2D eigenvalue weighted by molar-refractivity contribution is -0.159. The molecule has 3 rings (SSSR count). The standard InChI is InChI=1S/C26H29ClN2O.C2H2O4/c1-18-9-14-23(20(3)17-18)26(30)28-24(21-10-12-22(27)13-11-21)15-16-29(4)25-8-6-5-7-19(25)2;3-1(4)2(5)6/h5-14,17,24H,15-16H2,1-4H3,(H,28,30);(H,3,4)(H,5,6). The molecule has 0 fully saturated rings. The van der Waals surface area contributed by atoms with E-state index in [0.29, 0.717) is 10.6 Å². The number of carbonyl (C=O) groups is 3. The molecule has 190 valence electrons. The van der Waals surface area contributed by atoms with Gasteiger partial charge in [-0.25, -0.2) is 9.59 Å². The highest BCUT2D eigenvalue weighted by atomic mass is 35.5. The monoisotopic (exact) mass is 510 g/mol. The molecular formula is C28H31ClN2O5. The predicted octanol–water partition coefficient (Wildman–Crippen LogP) is 5.42. The van der Waals surface area contributed by atoms with Crippen LogP contribution in [0.3, 0.4) is 0 Å². The van der Waals surface area contributed by atoms with Crippen LogP contribution < -0.4 is 10.2 Å². The van der Waals surface area contributed by atoms with Crippen LogP contribution in [0.25, 0.3) is 0 Å². The van der Waals surface area contributed by atoms with Crippen LogP contribution >= 0.6 is 11.6 Å². The van der Waals surface area contributed by atoms with Gasteiger partial charge in [0.1, 0.15) is 0 Å². The molecule has 1 atom stereocenters. The number of aliphatic carboxylic acids is 2. The number of benzene rings is 3. The summed E-state index contributed by atoms with van der Waals surface area (Å²) >= 11 is 6.08. The smallest absolute Gasteiger partial charge is 0.414 e. The van der Waals surface area contributed by atoms with Crippen molar-refractivity contribution in [1.82, 2.24) is 5.32 Å². The number of hydrogen-bond donors (Lipinski definition) is 3. The first kappa shape index (κ1) is 28.4. The summed E-state index contributed by atoms with van der Waals surface area (Å²) in [6, 6.07) is 21.9. The van der Waals surface area contributed by atoms with Crippen LogP contribution in [0.1, 0.15) is 45.1 Å². The Labute approximate surface area is 216 Å². The van der Waals surface area contributed by atoms with Gasteiger partial charge in [-0.3, -0.25) is 4.79 Å². The number of carboxylic acid groups (broad SMARTS) is 2. The summed E-state index contributed by atoms with van der Waals surface area (Å²) in [5.74, 6) is -3.70. The van der Waals surface area contributed by atoms with Crippen LogP contribution in [0, 0.1) is 20.8 Å². The molecular weight excluding hydrogens is 480 g/mol. The fourth-order valence-electron chi connectivity index (χ4n) is 3.76. The van der Waals surface area contributed by atoms with Crippen LogP contribution in [0.2, 0.25) is 5.02 Å². The van der Waals surface area contributed by atoms with Gasteiger partial charge in [0.15, 0.2) is 0 Å². The van der Waals surface area contributed by atoms with Crippen molar-refractivity contribution in [1.29, 1.82) is 0 Å². The number of nitrogens with zero attached hydrogens (tertiary/aromatic N) is 1. The average molecular weight is 511 g/mol. The van der Waals surface area contributed by atoms with Gasteiger partial charge in [-0.05, 0) is 68.1 Å². The van der Waals surface area contributed by atoms with Crippen molar-refractivity contribution in [3.05, 3.63) is 99.6 Å². The molecule has 0 aliphatic carbocycles. The van der Waals surface area contributed by atoms with Crippen LogP contribution in [-0.2, 0) is 9.59 Å². The van der Waals surface area contributed by atoms with Gasteiger partial charge in [0, 0.05) is 29.9 Å². The Hall–Kier alpha value is -3.84. The Morgan fingerprint density at radius 2 is 1.50 bits per heavy atom. The molecule has 0 radical (unpaired) electrons. The van der Waals surface area contributed by atoms with Crippen molar-refractivity contribution in [2.75, 3.05) is 18.5 Å². The molecule has 1 unspecified atom stereocenters. The minimum atomic E-state index is -1.82. The molecule has 3 aromatic carbocycles. The molecule has 0 spiro atoms. The molecule has 1 amide bonds. The maximum Gasteiger partial charge on any atom is 0.414 e. The molecule has 0 aliphatic rings. The van der Waals surface area contributed by atoms with Crippen LogP contribution in [0.15, 0.2) is 66.7 Å². The lowest BCUT2D eigenvalue weighted by Crippen LogP contribution is -2.32. The number of carboxylic acids is 2. The zero-order valence-corrected chi connectivity index (χ0v) is 21.5. The molecule has 0 saturated heterocycles. The van der Waals surface area contributed by atoms with E-state index in [0.717, 1.165) is 29.7 Å². The lowest BCUT2D eigenvalue weighted by atomic mass is 10.0. The summed E-state index contributed by atoms with van der Waals surface area (Å²) in [5, 5.41) is 18.7. The lowest BCUT2D eigenvalue weighted by Gasteiger charge is -2.26. The molecule has 3 N–H and O–H groups in total. The second-order valence-corrected chi connectivity index (χ2v) is 8.94. The van der Waals surface area contributed by atoms with Crippen molar-refractivity contribution in [3.63, 3.8) is 0 Å². The largest absolute Gasteiger partial charge is 0.473 e. The minimum absolute atomic E-state index is 0.0500. The molecule has 0 aromatic heterocycles. The topological polar surface area (TPSA) is 107 Å². The number of carbonyl (C=O) groups excluding carboxylic acids is 1. The van der Waals surface area contributed by atoms with Crippen LogP contribution in [0.4, 0.5) is 5.69 Å². The molecule has 0 saturated carbocycles. The first-order valence-electron chi connectivity index (χ1n) is 11.4. The van der Waals surface area contributed by atoms with E-state index in [4.69, 9.17) is 31.4 Å². The van der Waals surface area contributed by atoms with E-state index in [1.807, 2.05) is 62.4 Å². The maximum atomic E-state index is 13.0. The second-order valence-electron chi connectivity index (χ2n) is 8.50. The van der Waals surface area contributed by atoms with E-state index < -0.39 is 11.9 Å². The van der Waals surface area contributed by atoms with E-state index in [2.05, 4.69) is 42.4 Å². The third-order valence-electron chi connectivity index (χ3n) is 5.67. The van der Waals surface area contributed by atoms with Gasteiger partial charge in [-0.1, -0.05) is 59.6 Å². The van der Waals surface area contributed by atoms with Crippen LogP contribution in [0.5, 0.6) is 0 Å². The summed E-state index contributed by atoms with van der Waals surface area (Å²) in [5.41, 5.74) is 6.34. The van der Waals surface area contributed by atoms with Crippen LogP contribution in [-0.4, -0.2) is 41.7 Å². The Bertz CT molecular complexity index is 1200. The van der Waals surface area contributed by atoms with E-state index in [9.17, 15) is 4.79 Å². The predicted molar refractivity (Wildman–Crippen MR) is 142 cm³/mol. The van der Waals surface area contributed by atoms with Gasteiger partial charge in [0.25, 0.3) is 5.91 Å². The second kappa shape index (κ2) is 13.3. The van der Waals surface area contributed by atoms with Crippen molar-refractivity contribution in [2.45, 2.75) is 33.2 Å².